The Bertz CT molecular complexity index is 1070. The first-order valence-corrected chi connectivity index (χ1v) is 11.7. The summed E-state index contributed by atoms with van der Waals surface area (Å²) < 4.78 is 0. The van der Waals surface area contributed by atoms with E-state index in [4.69, 9.17) is 0 Å². The van der Waals surface area contributed by atoms with E-state index in [1.54, 1.807) is 0 Å². The molecule has 0 bridgehead atoms. The molecule has 0 unspecified atom stereocenters. The minimum absolute atomic E-state index is 0.443. The molecule has 3 heteroatoms. The Morgan fingerprint density at radius 3 is 0.882 bits per heavy atom. The Hall–Kier alpha value is -3.72. The molecule has 0 N–H and O–H groups in total. The van der Waals surface area contributed by atoms with Crippen molar-refractivity contribution in [2.45, 2.75) is 5.41 Å². The zero-order valence-electron chi connectivity index (χ0n) is 21.2. The molecule has 0 spiro atoms. The largest absolute Gasteiger partial charge is 0.378 e. The van der Waals surface area contributed by atoms with Crippen molar-refractivity contribution in [3.63, 3.8) is 0 Å². The van der Waals surface area contributed by atoms with Gasteiger partial charge in [0, 0.05) is 59.3 Å². The van der Waals surface area contributed by atoms with Gasteiger partial charge < -0.3 is 14.7 Å². The highest BCUT2D eigenvalue weighted by Crippen LogP contribution is 2.46. The second-order valence-electron chi connectivity index (χ2n) is 9.44. The minimum atomic E-state index is -0.443. The fourth-order valence-corrected chi connectivity index (χ4v) is 4.72. The summed E-state index contributed by atoms with van der Waals surface area (Å²) in [6.07, 6.45) is 0. The van der Waals surface area contributed by atoms with Crippen LogP contribution in [0.25, 0.3) is 0 Å². The van der Waals surface area contributed by atoms with Crippen molar-refractivity contribution in [2.75, 3.05) is 57.0 Å². The number of benzene rings is 4. The second kappa shape index (κ2) is 9.64. The Labute approximate surface area is 204 Å². The molecule has 4 rings (SSSR count). The van der Waals surface area contributed by atoms with Crippen LogP contribution in [0.3, 0.4) is 0 Å². The zero-order chi connectivity index (χ0) is 24.3. The lowest BCUT2D eigenvalue weighted by Gasteiger charge is -2.37. The van der Waals surface area contributed by atoms with E-state index in [1.165, 1.54) is 39.3 Å². The van der Waals surface area contributed by atoms with Gasteiger partial charge in [-0.25, -0.2) is 0 Å². The van der Waals surface area contributed by atoms with Crippen LogP contribution < -0.4 is 14.7 Å². The van der Waals surface area contributed by atoms with E-state index in [1.807, 2.05) is 0 Å². The summed E-state index contributed by atoms with van der Waals surface area (Å²) in [7, 11) is 12.5. The average Bonchev–Trinajstić information content (AvgIpc) is 2.86. The van der Waals surface area contributed by atoms with Crippen LogP contribution in [0.15, 0.2) is 103 Å². The van der Waals surface area contributed by atoms with Crippen molar-refractivity contribution in [3.05, 3.63) is 125 Å². The van der Waals surface area contributed by atoms with Gasteiger partial charge in [0.15, 0.2) is 0 Å². The average molecular weight is 450 g/mol. The molecule has 0 saturated heterocycles. The van der Waals surface area contributed by atoms with Crippen LogP contribution in [0, 0.1) is 0 Å². The predicted molar refractivity (Wildman–Crippen MR) is 148 cm³/mol. The summed E-state index contributed by atoms with van der Waals surface area (Å²) in [4.78, 5) is 6.43. The van der Waals surface area contributed by atoms with E-state index in [-0.39, 0.29) is 0 Å². The molecule has 0 heterocycles. The third kappa shape index (κ3) is 4.26. The normalized spacial score (nSPS) is 11.2. The molecule has 4 aromatic rings. The molecule has 4 aromatic carbocycles. The van der Waals surface area contributed by atoms with Crippen LogP contribution in [0.5, 0.6) is 0 Å². The van der Waals surface area contributed by atoms with Crippen molar-refractivity contribution in [3.8, 4) is 0 Å². The Morgan fingerprint density at radius 2 is 0.618 bits per heavy atom. The highest BCUT2D eigenvalue weighted by Gasteiger charge is 2.38. The molecule has 174 valence electrons. The van der Waals surface area contributed by atoms with Crippen LogP contribution in [-0.2, 0) is 5.41 Å². The maximum absolute atomic E-state index is 2.28. The lowest BCUT2D eigenvalue weighted by atomic mass is 9.65. The second-order valence-corrected chi connectivity index (χ2v) is 9.44. The van der Waals surface area contributed by atoms with Gasteiger partial charge in [-0.2, -0.15) is 0 Å². The molecule has 0 atom stereocenters. The van der Waals surface area contributed by atoms with E-state index in [2.05, 4.69) is 160 Å². The molecule has 0 aliphatic carbocycles. The van der Waals surface area contributed by atoms with Crippen LogP contribution in [0.2, 0.25) is 0 Å². The van der Waals surface area contributed by atoms with Crippen LogP contribution in [0.1, 0.15) is 22.3 Å². The van der Waals surface area contributed by atoms with Gasteiger partial charge in [-0.1, -0.05) is 66.7 Å². The molecule has 0 amide bonds. The Kier molecular flexibility index (Phi) is 6.65. The number of rotatable bonds is 7. The molecular formula is C31H35N3. The number of hydrogen-bond acceptors (Lipinski definition) is 3. The lowest BCUT2D eigenvalue weighted by molar-refractivity contribution is 0.744. The SMILES string of the molecule is CN(C)c1ccc(C(c2ccccc2)(c2ccc(N(C)C)cc2)c2ccc(N(C)C)cc2)cc1. The van der Waals surface area contributed by atoms with Gasteiger partial charge in [0.25, 0.3) is 0 Å². The van der Waals surface area contributed by atoms with Gasteiger partial charge in [-0.15, -0.1) is 0 Å². The van der Waals surface area contributed by atoms with Gasteiger partial charge in [0.2, 0.25) is 0 Å². The molecule has 0 fully saturated rings. The molecular weight excluding hydrogens is 414 g/mol. The molecule has 0 aliphatic heterocycles. The molecule has 0 aliphatic rings. The fourth-order valence-electron chi connectivity index (χ4n) is 4.72. The van der Waals surface area contributed by atoms with Crippen LogP contribution in [-0.4, -0.2) is 42.3 Å². The zero-order valence-corrected chi connectivity index (χ0v) is 21.2. The summed E-state index contributed by atoms with van der Waals surface area (Å²) in [5, 5.41) is 0. The quantitative estimate of drug-likeness (QED) is 0.308. The topological polar surface area (TPSA) is 9.72 Å². The van der Waals surface area contributed by atoms with E-state index in [0.29, 0.717) is 0 Å². The summed E-state index contributed by atoms with van der Waals surface area (Å²) in [5.41, 5.74) is 8.13. The third-order valence-corrected chi connectivity index (χ3v) is 6.66. The van der Waals surface area contributed by atoms with E-state index in [9.17, 15) is 0 Å². The van der Waals surface area contributed by atoms with Crippen molar-refractivity contribution >= 4 is 17.1 Å². The van der Waals surface area contributed by atoms with Crippen molar-refractivity contribution < 1.29 is 0 Å². The van der Waals surface area contributed by atoms with Crippen molar-refractivity contribution in [1.82, 2.24) is 0 Å². The van der Waals surface area contributed by atoms with E-state index < -0.39 is 5.41 Å². The van der Waals surface area contributed by atoms with Gasteiger partial charge in [0.1, 0.15) is 0 Å². The maximum Gasteiger partial charge on any atom is 0.0701 e. The summed E-state index contributed by atoms with van der Waals surface area (Å²) in [6.45, 7) is 0. The Morgan fingerprint density at radius 1 is 0.353 bits per heavy atom. The lowest BCUT2D eigenvalue weighted by Crippen LogP contribution is -2.31. The highest BCUT2D eigenvalue weighted by atomic mass is 15.1. The van der Waals surface area contributed by atoms with Crippen LogP contribution >= 0.6 is 0 Å². The predicted octanol–water partition coefficient (Wildman–Crippen LogP) is 6.27. The first kappa shape index (κ1) is 23.4. The number of nitrogens with zero attached hydrogens (tertiary/aromatic N) is 3. The van der Waals surface area contributed by atoms with Gasteiger partial charge in [0.05, 0.1) is 5.41 Å². The third-order valence-electron chi connectivity index (χ3n) is 6.66. The van der Waals surface area contributed by atoms with Gasteiger partial charge in [-0.3, -0.25) is 0 Å². The molecule has 0 aromatic heterocycles. The van der Waals surface area contributed by atoms with Crippen molar-refractivity contribution in [1.29, 1.82) is 0 Å². The summed E-state index contributed by atoms with van der Waals surface area (Å²) >= 11 is 0. The van der Waals surface area contributed by atoms with Crippen LogP contribution in [0.4, 0.5) is 17.1 Å². The number of anilines is 3. The standard InChI is InChI=1S/C31H35N3/c1-32(2)28-18-12-25(13-19-28)31(24-10-8-7-9-11-24,26-14-20-29(21-15-26)33(3)4)27-16-22-30(23-17-27)34(5)6/h7-23H,1-6H3. The van der Waals surface area contributed by atoms with Crippen molar-refractivity contribution in [2.24, 2.45) is 0 Å². The molecule has 0 saturated carbocycles. The smallest absolute Gasteiger partial charge is 0.0701 e. The molecule has 0 radical (unpaired) electrons. The van der Waals surface area contributed by atoms with E-state index in [0.717, 1.165) is 0 Å². The maximum atomic E-state index is 2.28. The van der Waals surface area contributed by atoms with Gasteiger partial charge in [-0.05, 0) is 58.7 Å². The number of hydrogen-bond donors (Lipinski definition) is 0. The monoisotopic (exact) mass is 449 g/mol. The fraction of sp³-hybridized carbons (Fsp3) is 0.226. The molecule has 3 nitrogen and oxygen atoms in total. The minimum Gasteiger partial charge on any atom is -0.378 e. The molecule has 34 heavy (non-hydrogen) atoms. The first-order valence-electron chi connectivity index (χ1n) is 11.7. The summed E-state index contributed by atoms with van der Waals surface area (Å²) in [6, 6.07) is 37.9. The first-order chi connectivity index (χ1) is 16.3. The summed E-state index contributed by atoms with van der Waals surface area (Å²) in [5.74, 6) is 0. The van der Waals surface area contributed by atoms with Gasteiger partial charge >= 0.3 is 0 Å². The highest BCUT2D eigenvalue weighted by molar-refractivity contribution is 5.64. The Balaban J connectivity index is 2.04. The van der Waals surface area contributed by atoms with E-state index >= 15 is 0 Å².